The van der Waals surface area contributed by atoms with Crippen molar-refractivity contribution in [3.05, 3.63) is 12.7 Å². The largest absolute Gasteiger partial charge is 0.461 e. The van der Waals surface area contributed by atoms with Crippen LogP contribution in [0.2, 0.25) is 0 Å². The summed E-state index contributed by atoms with van der Waals surface area (Å²) < 4.78 is 15.0. The van der Waals surface area contributed by atoms with E-state index < -0.39 is 12.1 Å². The van der Waals surface area contributed by atoms with Gasteiger partial charge in [-0.25, -0.2) is 9.59 Å². The summed E-state index contributed by atoms with van der Waals surface area (Å²) in [6.07, 6.45) is 2.18. The molecule has 0 fully saturated rings. The summed E-state index contributed by atoms with van der Waals surface area (Å²) in [5, 5.41) is 2.48. The number of hydrogen-bond acceptors (Lipinski definition) is 5. The Morgan fingerprint density at radius 1 is 1.20 bits per heavy atom. The van der Waals surface area contributed by atoms with Crippen LogP contribution >= 0.6 is 0 Å². The zero-order valence-corrected chi connectivity index (χ0v) is 12.4. The Kier molecular flexibility index (Phi) is 11.5. The highest BCUT2D eigenvalue weighted by molar-refractivity contribution is 5.81. The lowest BCUT2D eigenvalue weighted by molar-refractivity contribution is -0.137. The van der Waals surface area contributed by atoms with Gasteiger partial charge in [0.2, 0.25) is 0 Å². The molecule has 0 spiro atoms. The maximum absolute atomic E-state index is 11.2. The summed E-state index contributed by atoms with van der Waals surface area (Å²) in [4.78, 5) is 21.9. The number of nitrogens with one attached hydrogen (secondary N) is 1. The van der Waals surface area contributed by atoms with Crippen molar-refractivity contribution >= 4 is 12.1 Å². The smallest absolute Gasteiger partial charge is 0.407 e. The SMILES string of the molecule is C=CC(=O)OCCNC(=O)OCCCCOCC(C)C.[HH]. The van der Waals surface area contributed by atoms with Crippen LogP contribution in [0.3, 0.4) is 0 Å². The second kappa shape index (κ2) is 12.5. The van der Waals surface area contributed by atoms with Gasteiger partial charge < -0.3 is 19.5 Å². The molecular formula is C14H27NO5. The van der Waals surface area contributed by atoms with Gasteiger partial charge in [-0.1, -0.05) is 20.4 Å². The molecule has 0 saturated carbocycles. The molecule has 1 amide bonds. The summed E-state index contributed by atoms with van der Waals surface area (Å²) >= 11 is 0. The molecule has 6 heteroatoms. The predicted octanol–water partition coefficient (Wildman–Crippen LogP) is 2.14. The number of hydrogen-bond donors (Lipinski definition) is 1. The van der Waals surface area contributed by atoms with Gasteiger partial charge in [0.15, 0.2) is 0 Å². The van der Waals surface area contributed by atoms with Crippen LogP contribution in [-0.2, 0) is 19.0 Å². The number of rotatable bonds is 11. The monoisotopic (exact) mass is 289 g/mol. The number of unbranched alkanes of at least 4 members (excludes halogenated alkanes) is 1. The Balaban J connectivity index is 0. The van der Waals surface area contributed by atoms with Gasteiger partial charge in [0.05, 0.1) is 13.2 Å². The average molecular weight is 289 g/mol. The molecule has 20 heavy (non-hydrogen) atoms. The molecule has 118 valence electrons. The number of ether oxygens (including phenoxy) is 3. The van der Waals surface area contributed by atoms with Crippen molar-refractivity contribution in [1.29, 1.82) is 0 Å². The molecule has 0 aromatic rings. The second-order valence-corrected chi connectivity index (χ2v) is 4.61. The van der Waals surface area contributed by atoms with Crippen LogP contribution in [0.1, 0.15) is 28.1 Å². The molecule has 0 bridgehead atoms. The molecule has 0 rings (SSSR count). The maximum atomic E-state index is 11.2. The minimum absolute atomic E-state index is 0. The lowest BCUT2D eigenvalue weighted by Gasteiger charge is -2.08. The van der Waals surface area contributed by atoms with Gasteiger partial charge >= 0.3 is 12.1 Å². The van der Waals surface area contributed by atoms with Gasteiger partial charge in [0.1, 0.15) is 6.61 Å². The number of esters is 1. The number of amides is 1. The Hall–Kier alpha value is -1.56. The predicted molar refractivity (Wildman–Crippen MR) is 77.5 cm³/mol. The van der Waals surface area contributed by atoms with E-state index in [9.17, 15) is 9.59 Å². The Bertz CT molecular complexity index is 297. The number of alkyl carbamates (subject to hydrolysis) is 1. The summed E-state index contributed by atoms with van der Waals surface area (Å²) in [7, 11) is 0. The fourth-order valence-corrected chi connectivity index (χ4v) is 1.20. The van der Waals surface area contributed by atoms with E-state index in [1.165, 1.54) is 0 Å². The lowest BCUT2D eigenvalue weighted by Crippen LogP contribution is -2.28. The van der Waals surface area contributed by atoms with Crippen molar-refractivity contribution in [1.82, 2.24) is 5.32 Å². The van der Waals surface area contributed by atoms with Gasteiger partial charge in [0, 0.05) is 20.7 Å². The molecule has 0 heterocycles. The molecule has 6 nitrogen and oxygen atoms in total. The van der Waals surface area contributed by atoms with Crippen LogP contribution in [0.5, 0.6) is 0 Å². The Labute approximate surface area is 121 Å². The van der Waals surface area contributed by atoms with Crippen LogP contribution in [-0.4, -0.2) is 45.0 Å². The van der Waals surface area contributed by atoms with E-state index in [1.807, 2.05) is 0 Å². The van der Waals surface area contributed by atoms with E-state index in [1.54, 1.807) is 0 Å². The van der Waals surface area contributed by atoms with Crippen molar-refractivity contribution in [2.45, 2.75) is 26.7 Å². The number of carbonyl (C=O) groups is 2. The lowest BCUT2D eigenvalue weighted by atomic mass is 10.2. The molecule has 0 aromatic carbocycles. The van der Waals surface area contributed by atoms with Crippen LogP contribution < -0.4 is 5.32 Å². The van der Waals surface area contributed by atoms with E-state index >= 15 is 0 Å². The average Bonchev–Trinajstić information content (AvgIpc) is 2.41. The maximum Gasteiger partial charge on any atom is 0.407 e. The molecule has 0 unspecified atom stereocenters. The van der Waals surface area contributed by atoms with Crippen molar-refractivity contribution < 1.29 is 25.2 Å². The van der Waals surface area contributed by atoms with Gasteiger partial charge in [-0.05, 0) is 18.8 Å². The Morgan fingerprint density at radius 3 is 2.55 bits per heavy atom. The third kappa shape index (κ3) is 12.9. The van der Waals surface area contributed by atoms with Crippen LogP contribution in [0.4, 0.5) is 4.79 Å². The van der Waals surface area contributed by atoms with Gasteiger partial charge in [-0.2, -0.15) is 0 Å². The van der Waals surface area contributed by atoms with Crippen molar-refractivity contribution in [2.75, 3.05) is 33.0 Å². The van der Waals surface area contributed by atoms with Crippen molar-refractivity contribution in [2.24, 2.45) is 5.92 Å². The van der Waals surface area contributed by atoms with E-state index in [2.05, 4.69) is 30.5 Å². The summed E-state index contributed by atoms with van der Waals surface area (Å²) in [6, 6.07) is 0. The highest BCUT2D eigenvalue weighted by atomic mass is 16.6. The van der Waals surface area contributed by atoms with Crippen molar-refractivity contribution in [3.63, 3.8) is 0 Å². The highest BCUT2D eigenvalue weighted by Crippen LogP contribution is 1.96. The normalized spacial score (nSPS) is 10.2. The minimum atomic E-state index is -0.512. The molecule has 0 aliphatic carbocycles. The Morgan fingerprint density at radius 2 is 1.90 bits per heavy atom. The summed E-state index contributed by atoms with van der Waals surface area (Å²) in [6.45, 7) is 9.56. The van der Waals surface area contributed by atoms with E-state index in [4.69, 9.17) is 9.47 Å². The first-order valence-electron chi connectivity index (χ1n) is 6.83. The third-order valence-corrected chi connectivity index (χ3v) is 2.15. The molecule has 0 aromatic heterocycles. The standard InChI is InChI=1S/C14H25NO5.H2/c1-4-13(16)19-10-7-15-14(17)20-9-6-5-8-18-11-12(2)3;/h4,12H,1,5-11H2,2-3H3,(H,15,17);1H. The van der Waals surface area contributed by atoms with Gasteiger partial charge in [-0.15, -0.1) is 0 Å². The van der Waals surface area contributed by atoms with E-state index in [0.29, 0.717) is 19.1 Å². The zero-order valence-electron chi connectivity index (χ0n) is 12.4. The minimum Gasteiger partial charge on any atom is -0.461 e. The topological polar surface area (TPSA) is 73.9 Å². The first kappa shape index (κ1) is 18.4. The fourth-order valence-electron chi connectivity index (χ4n) is 1.20. The van der Waals surface area contributed by atoms with Gasteiger partial charge in [-0.3, -0.25) is 0 Å². The molecule has 0 atom stereocenters. The van der Waals surface area contributed by atoms with Gasteiger partial charge in [0.25, 0.3) is 0 Å². The number of carbonyl (C=O) groups excluding carboxylic acids is 2. The highest BCUT2D eigenvalue weighted by Gasteiger charge is 2.02. The first-order chi connectivity index (χ1) is 9.56. The van der Waals surface area contributed by atoms with E-state index in [0.717, 1.165) is 25.5 Å². The molecular weight excluding hydrogens is 262 g/mol. The molecule has 0 aliphatic heterocycles. The third-order valence-electron chi connectivity index (χ3n) is 2.15. The van der Waals surface area contributed by atoms with Crippen LogP contribution in [0.15, 0.2) is 12.7 Å². The van der Waals surface area contributed by atoms with Crippen LogP contribution in [0.25, 0.3) is 0 Å². The van der Waals surface area contributed by atoms with E-state index in [-0.39, 0.29) is 14.6 Å². The molecule has 1 N–H and O–H groups in total. The molecule has 0 aliphatic rings. The van der Waals surface area contributed by atoms with Crippen molar-refractivity contribution in [3.8, 4) is 0 Å². The second-order valence-electron chi connectivity index (χ2n) is 4.61. The van der Waals surface area contributed by atoms with Crippen LogP contribution in [0, 0.1) is 5.92 Å². The summed E-state index contributed by atoms with van der Waals surface area (Å²) in [5.74, 6) is 0.0220. The quantitative estimate of drug-likeness (QED) is 0.358. The zero-order chi connectivity index (χ0) is 15.2. The first-order valence-corrected chi connectivity index (χ1v) is 6.83. The molecule has 0 radical (unpaired) electrons. The molecule has 0 saturated heterocycles. The summed E-state index contributed by atoms with van der Waals surface area (Å²) in [5.41, 5.74) is 0. The fraction of sp³-hybridized carbons (Fsp3) is 0.714.